The number of ether oxygens (including phenoxy) is 1. The summed E-state index contributed by atoms with van der Waals surface area (Å²) in [5.41, 5.74) is 18.7. The maximum Gasteiger partial charge on any atom is 0.412 e. The number of hydrogen-bond donors (Lipinski definition) is 7. The summed E-state index contributed by atoms with van der Waals surface area (Å²) in [4.78, 5) is 46.8. The molecule has 0 radical (unpaired) electrons. The molecule has 0 saturated carbocycles. The number of hydrogen-bond acceptors (Lipinski definition) is 10. The van der Waals surface area contributed by atoms with Gasteiger partial charge in [0.05, 0.1) is 67.3 Å². The molecule has 548 valence electrons. The number of carboxylic acids is 1. The third-order valence-corrected chi connectivity index (χ3v) is 18.0. The molecular formula is C88H72F4N12O6. The van der Waals surface area contributed by atoms with Gasteiger partial charge in [-0.25, -0.2) is 27.2 Å². The Morgan fingerprint density at radius 3 is 1.25 bits per heavy atom. The molecule has 0 unspecified atom stereocenters. The number of nitrogens with one attached hydrogen (secondary N) is 4. The van der Waals surface area contributed by atoms with Gasteiger partial charge in [-0.15, -0.1) is 0 Å². The number of primary amides is 1. The smallest absolute Gasteiger partial charge is 0.412 e. The second-order valence-corrected chi connectivity index (χ2v) is 27.0. The first kappa shape index (κ1) is 74.0. The Morgan fingerprint density at radius 1 is 0.464 bits per heavy atom. The van der Waals surface area contributed by atoms with E-state index in [1.165, 1.54) is 59.5 Å². The van der Waals surface area contributed by atoms with Gasteiger partial charge in [0.2, 0.25) is 5.91 Å². The molecule has 0 fully saturated rings. The van der Waals surface area contributed by atoms with Crippen LogP contribution >= 0.6 is 0 Å². The lowest BCUT2D eigenvalue weighted by atomic mass is 10.1. The van der Waals surface area contributed by atoms with Crippen molar-refractivity contribution in [3.63, 3.8) is 0 Å². The number of nitrogen functional groups attached to an aromatic ring is 1. The predicted octanol–water partition coefficient (Wildman–Crippen LogP) is 19.4. The van der Waals surface area contributed by atoms with E-state index in [-0.39, 0.29) is 22.5 Å². The van der Waals surface area contributed by atoms with Crippen LogP contribution in [0, 0.1) is 23.3 Å². The summed E-state index contributed by atoms with van der Waals surface area (Å²) in [6.45, 7) is 6.70. The highest BCUT2D eigenvalue weighted by Gasteiger charge is 2.22. The fourth-order valence-corrected chi connectivity index (χ4v) is 12.4. The minimum Gasteiger partial charge on any atom is -0.478 e. The molecule has 0 bridgehead atoms. The maximum atomic E-state index is 14.6. The number of H-pyrrole nitrogens is 2. The van der Waals surface area contributed by atoms with Crippen LogP contribution in [0.25, 0.3) is 135 Å². The first-order valence-corrected chi connectivity index (χ1v) is 34.8. The second-order valence-electron chi connectivity index (χ2n) is 27.0. The van der Waals surface area contributed by atoms with Gasteiger partial charge >= 0.3 is 12.1 Å². The minimum absolute atomic E-state index is 0.0510. The number of aryl methyl sites for hydroxylation is 2. The van der Waals surface area contributed by atoms with Crippen LogP contribution in [0.4, 0.5) is 33.7 Å². The zero-order valence-corrected chi connectivity index (χ0v) is 60.3. The van der Waals surface area contributed by atoms with Crippen molar-refractivity contribution in [1.82, 2.24) is 45.3 Å². The van der Waals surface area contributed by atoms with Crippen molar-refractivity contribution < 1.29 is 46.6 Å². The third-order valence-electron chi connectivity index (χ3n) is 18.0. The summed E-state index contributed by atoms with van der Waals surface area (Å²) < 4.78 is 64.7. The fraction of sp³-hybridized carbons (Fsp3) is 0.0909. The van der Waals surface area contributed by atoms with Gasteiger partial charge in [-0.1, -0.05) is 170 Å². The predicted molar refractivity (Wildman–Crippen MR) is 432 cm³/mol. The number of aromatic nitrogens is 8. The Hall–Kier alpha value is -14.3. The normalized spacial score (nSPS) is 12.0. The molecule has 0 aliphatic heterocycles. The monoisotopic (exact) mass is 1470 g/mol. The number of benzene rings is 12. The number of halogens is 4. The molecule has 0 saturated heterocycles. The summed E-state index contributed by atoms with van der Waals surface area (Å²) in [5.74, 6) is -5.18. The molecule has 110 heavy (non-hydrogen) atoms. The number of aromatic carboxylic acids is 1. The summed E-state index contributed by atoms with van der Waals surface area (Å²) in [7, 11) is 3.46. The van der Waals surface area contributed by atoms with Crippen LogP contribution in [-0.4, -0.2) is 80.6 Å². The number of amides is 3. The van der Waals surface area contributed by atoms with Crippen molar-refractivity contribution in [3.8, 4) is 0 Å². The van der Waals surface area contributed by atoms with Crippen LogP contribution in [0.5, 0.6) is 0 Å². The van der Waals surface area contributed by atoms with Gasteiger partial charge in [0, 0.05) is 59.9 Å². The average molecular weight is 1470 g/mol. The lowest BCUT2D eigenvalue weighted by molar-refractivity contribution is -0.119. The number of rotatable bonds is 13. The van der Waals surface area contributed by atoms with Gasteiger partial charge < -0.3 is 26.6 Å². The molecule has 16 rings (SSSR count). The first-order chi connectivity index (χ1) is 52.8. The number of nitrogens with zero attached hydrogens (tertiary/aromatic N) is 6. The fourth-order valence-electron chi connectivity index (χ4n) is 12.4. The maximum absolute atomic E-state index is 14.6. The molecule has 9 N–H and O–H groups in total. The number of anilines is 2. The number of carboxylic acid groups (broad SMARTS) is 1. The van der Waals surface area contributed by atoms with E-state index >= 15 is 0 Å². The minimum atomic E-state index is -1.29. The summed E-state index contributed by atoms with van der Waals surface area (Å²) in [6, 6.07) is 67.4. The Kier molecular flexibility index (Phi) is 21.4. The highest BCUT2D eigenvalue weighted by molar-refractivity contribution is 6.03. The Labute approximate surface area is 627 Å². The largest absolute Gasteiger partial charge is 0.478 e. The van der Waals surface area contributed by atoms with Gasteiger partial charge in [-0.05, 0) is 166 Å². The van der Waals surface area contributed by atoms with Crippen molar-refractivity contribution in [2.45, 2.75) is 39.3 Å². The highest BCUT2D eigenvalue weighted by atomic mass is 19.1. The van der Waals surface area contributed by atoms with E-state index in [0.717, 1.165) is 65.7 Å². The number of aromatic amines is 2. The van der Waals surface area contributed by atoms with E-state index in [9.17, 15) is 36.7 Å². The third kappa shape index (κ3) is 17.2. The van der Waals surface area contributed by atoms with Gasteiger partial charge in [0.15, 0.2) is 0 Å². The number of nitrogens with two attached hydrogens (primary N) is 2. The zero-order chi connectivity index (χ0) is 77.5. The van der Waals surface area contributed by atoms with Crippen molar-refractivity contribution in [2.24, 2.45) is 19.8 Å². The standard InChI is InChI=1S/C25H24FN3O2.C23H19FN4O2.C21H15FN2O2.C19H14FN3/c1-25(2,3)31-24(30)27-22-14-19-21(28-29(4)23(19)15-20(22)26)12-10-16-9-11-17-7-5-6-8-18(17)13-16;1-13(22(25)29)26-23(30)17-11-18-20(27-28-21(18)12-19(17)24)9-7-14-6-8-15-4-2-3-5-16(15)10-14;1-24-20-12-18(22)16(21(25)26)11-17(20)19(23-24)9-7-13-6-8-14-4-2-3-5-15(14)10-13;20-16-11-19-15(10-17(16)21)18(22-23-19)8-6-12-5-7-13-3-1-2-4-14(13)9-12/h5-15H,1-4H3,(H,27,30);2-13H,1H3,(H2,25,29)(H,26,30)(H,27,28);2-12H,1H3,(H,25,26);1-11H,21H2,(H,22,23)/b12-10+;2*9-7+;8-6+/t;13-;;/m.0../s1. The summed E-state index contributed by atoms with van der Waals surface area (Å²) in [5, 5.41) is 49.0. The van der Waals surface area contributed by atoms with Crippen LogP contribution in [0.2, 0.25) is 0 Å². The zero-order valence-electron chi connectivity index (χ0n) is 60.3. The van der Waals surface area contributed by atoms with Crippen LogP contribution in [-0.2, 0) is 23.6 Å². The van der Waals surface area contributed by atoms with Crippen LogP contribution in [0.15, 0.2) is 218 Å². The number of carbonyl (C=O) groups excluding carboxylic acids is 3. The van der Waals surface area contributed by atoms with Gasteiger partial charge in [0.1, 0.15) is 34.9 Å². The van der Waals surface area contributed by atoms with Gasteiger partial charge in [-0.3, -0.25) is 34.5 Å². The van der Waals surface area contributed by atoms with Crippen molar-refractivity contribution >= 4 is 171 Å². The van der Waals surface area contributed by atoms with Gasteiger partial charge in [0.25, 0.3) is 5.91 Å². The SMILES string of the molecule is C[C@H](NC(=O)c1cc2c(/C=C/c3ccc4ccccc4c3)n[nH]c2cc1F)C(N)=O.Cn1nc(/C=C/c2ccc3ccccc3c2)c2cc(C(=O)O)c(F)cc21.Cn1nc(/C=C/c2ccc3ccccc3c2)c2cc(NC(=O)OC(C)(C)C)c(F)cc21.Nc1cc2c(/C=C/c3ccc4ccccc4c3)n[nH]c2cc1F. The molecular weight excluding hydrogens is 1400 g/mol. The Morgan fingerprint density at radius 2 is 0.836 bits per heavy atom. The number of fused-ring (bicyclic) bond motifs is 8. The van der Waals surface area contributed by atoms with E-state index in [2.05, 4.69) is 114 Å². The molecule has 1 atom stereocenters. The van der Waals surface area contributed by atoms with Crippen molar-refractivity contribution in [2.75, 3.05) is 11.1 Å². The Balaban J connectivity index is 0.000000130. The topological polar surface area (TPSA) is 267 Å². The summed E-state index contributed by atoms with van der Waals surface area (Å²) >= 11 is 0. The van der Waals surface area contributed by atoms with Crippen LogP contribution < -0.4 is 22.1 Å². The second kappa shape index (κ2) is 31.8. The molecule has 3 amide bonds. The van der Waals surface area contributed by atoms with Crippen LogP contribution in [0.1, 0.15) is 93.4 Å². The van der Waals surface area contributed by atoms with E-state index in [1.54, 1.807) is 62.4 Å². The lowest BCUT2D eigenvalue weighted by Crippen LogP contribution is -2.42. The molecule has 0 spiro atoms. The molecule has 4 heterocycles. The van der Waals surface area contributed by atoms with E-state index in [0.29, 0.717) is 49.9 Å². The van der Waals surface area contributed by atoms with Crippen molar-refractivity contribution in [3.05, 3.63) is 298 Å². The first-order valence-electron chi connectivity index (χ1n) is 34.8. The Bertz CT molecular complexity index is 6400. The molecule has 22 heteroatoms. The molecule has 18 nitrogen and oxygen atoms in total. The van der Waals surface area contributed by atoms with Gasteiger partial charge in [-0.2, -0.15) is 20.4 Å². The molecule has 0 aliphatic rings. The van der Waals surface area contributed by atoms with E-state index in [1.807, 2.05) is 140 Å². The summed E-state index contributed by atoms with van der Waals surface area (Å²) in [6.07, 6.45) is 14.5. The van der Waals surface area contributed by atoms with E-state index in [4.69, 9.17) is 21.3 Å². The number of carbonyl (C=O) groups is 4. The van der Waals surface area contributed by atoms with Crippen molar-refractivity contribution in [1.29, 1.82) is 0 Å². The lowest BCUT2D eigenvalue weighted by Gasteiger charge is -2.19. The van der Waals surface area contributed by atoms with E-state index < -0.39 is 58.8 Å². The average Bonchev–Trinajstić information content (AvgIpc) is 1.64. The quantitative estimate of drug-likeness (QED) is 0.0421. The molecule has 4 aromatic heterocycles. The molecule has 0 aliphatic carbocycles. The highest BCUT2D eigenvalue weighted by Crippen LogP contribution is 2.31. The van der Waals surface area contributed by atoms with Crippen LogP contribution in [0.3, 0.4) is 0 Å². The molecule has 12 aromatic carbocycles. The molecule has 16 aromatic rings.